The molecule has 0 aliphatic carbocycles. The van der Waals surface area contributed by atoms with E-state index in [0.717, 1.165) is 5.56 Å². The van der Waals surface area contributed by atoms with Gasteiger partial charge in [-0.05, 0) is 39.2 Å². The minimum absolute atomic E-state index is 0.153. The zero-order valence-electron chi connectivity index (χ0n) is 18.3. The summed E-state index contributed by atoms with van der Waals surface area (Å²) in [6, 6.07) is 7.75. The number of alkyl carbamates (subject to hydrolysis) is 1. The highest BCUT2D eigenvalue weighted by Gasteiger charge is 2.29. The average molecular weight is 431 g/mol. The molecule has 0 unspecified atom stereocenters. The van der Waals surface area contributed by atoms with E-state index in [4.69, 9.17) is 9.47 Å². The molecule has 2 aromatic rings. The molecule has 3 N–H and O–H groups in total. The Hall–Kier alpha value is -3.36. The number of ether oxygens (including phenoxy) is 2. The van der Waals surface area contributed by atoms with Crippen molar-refractivity contribution in [1.82, 2.24) is 20.6 Å². The number of aromatic nitrogens is 2. The number of imidazole rings is 1. The highest BCUT2D eigenvalue weighted by molar-refractivity contribution is 5.89. The number of carbonyl (C=O) groups is 3. The number of H-pyrrole nitrogens is 1. The molecule has 31 heavy (non-hydrogen) atoms. The fourth-order valence-electron chi connectivity index (χ4n) is 2.89. The van der Waals surface area contributed by atoms with Crippen molar-refractivity contribution in [1.29, 1.82) is 0 Å². The van der Waals surface area contributed by atoms with Crippen LogP contribution in [0.4, 0.5) is 4.79 Å². The highest BCUT2D eigenvalue weighted by Crippen LogP contribution is 2.10. The molecule has 0 aliphatic heterocycles. The van der Waals surface area contributed by atoms with E-state index in [2.05, 4.69) is 20.6 Å². The van der Waals surface area contributed by atoms with Gasteiger partial charge in [0.05, 0.1) is 19.1 Å². The zero-order chi connectivity index (χ0) is 22.9. The van der Waals surface area contributed by atoms with Gasteiger partial charge in [-0.2, -0.15) is 0 Å². The van der Waals surface area contributed by atoms with Gasteiger partial charge in [-0.15, -0.1) is 0 Å². The molecule has 168 valence electrons. The summed E-state index contributed by atoms with van der Waals surface area (Å²) in [5.41, 5.74) is 0.906. The van der Waals surface area contributed by atoms with E-state index in [1.165, 1.54) is 13.4 Å². The van der Waals surface area contributed by atoms with Crippen LogP contribution in [0.25, 0.3) is 0 Å². The molecule has 0 fully saturated rings. The third-order valence-electron chi connectivity index (χ3n) is 4.34. The average Bonchev–Trinajstić information content (AvgIpc) is 3.22. The molecular formula is C22H30N4O5. The Morgan fingerprint density at radius 1 is 1.10 bits per heavy atom. The van der Waals surface area contributed by atoms with Crippen LogP contribution in [0.2, 0.25) is 0 Å². The van der Waals surface area contributed by atoms with E-state index in [1.54, 1.807) is 27.0 Å². The van der Waals surface area contributed by atoms with Gasteiger partial charge in [0.25, 0.3) is 0 Å². The van der Waals surface area contributed by atoms with E-state index < -0.39 is 35.7 Å². The summed E-state index contributed by atoms with van der Waals surface area (Å²) in [7, 11) is 1.25. The van der Waals surface area contributed by atoms with E-state index in [1.807, 2.05) is 30.3 Å². The van der Waals surface area contributed by atoms with Crippen LogP contribution >= 0.6 is 0 Å². The summed E-state index contributed by atoms with van der Waals surface area (Å²) >= 11 is 0. The van der Waals surface area contributed by atoms with E-state index in [9.17, 15) is 14.4 Å². The van der Waals surface area contributed by atoms with Crippen LogP contribution in [0.3, 0.4) is 0 Å². The number of aromatic amines is 1. The minimum atomic E-state index is -0.944. The second kappa shape index (κ2) is 11.1. The monoisotopic (exact) mass is 430 g/mol. The van der Waals surface area contributed by atoms with Crippen LogP contribution in [0.5, 0.6) is 0 Å². The van der Waals surface area contributed by atoms with Crippen LogP contribution in [0.15, 0.2) is 42.9 Å². The van der Waals surface area contributed by atoms with Crippen molar-refractivity contribution in [3.05, 3.63) is 54.1 Å². The highest BCUT2D eigenvalue weighted by atomic mass is 16.6. The number of hydrogen-bond donors (Lipinski definition) is 3. The van der Waals surface area contributed by atoms with Crippen LogP contribution in [0.1, 0.15) is 38.4 Å². The van der Waals surface area contributed by atoms with Crippen molar-refractivity contribution < 1.29 is 23.9 Å². The zero-order valence-corrected chi connectivity index (χ0v) is 18.3. The fraction of sp³-hybridized carbons (Fsp3) is 0.455. The van der Waals surface area contributed by atoms with Crippen LogP contribution in [0, 0.1) is 0 Å². The standard InChI is InChI=1S/C22H30N4O5/c1-22(2,3)31-21(29)26-17(11-10-15-8-6-5-7-9-15)19(27)25-18(20(28)30-4)12-16-13-23-14-24-16/h5-9,13-14,17-18H,10-12H2,1-4H3,(H,23,24)(H,25,27)(H,26,29)/t17-,18+/m1/s1. The molecule has 2 amide bonds. The lowest BCUT2D eigenvalue weighted by Crippen LogP contribution is -2.53. The number of rotatable bonds is 9. The van der Waals surface area contributed by atoms with Crippen LogP contribution in [-0.4, -0.2) is 52.7 Å². The number of nitrogens with zero attached hydrogens (tertiary/aromatic N) is 1. The summed E-state index contributed by atoms with van der Waals surface area (Å²) < 4.78 is 10.1. The molecule has 0 radical (unpaired) electrons. The fourth-order valence-corrected chi connectivity index (χ4v) is 2.89. The van der Waals surface area contributed by atoms with Crippen molar-refractivity contribution >= 4 is 18.0 Å². The molecule has 1 aromatic heterocycles. The number of aryl methyl sites for hydroxylation is 1. The van der Waals surface area contributed by atoms with E-state index >= 15 is 0 Å². The molecular weight excluding hydrogens is 400 g/mol. The molecule has 2 atom stereocenters. The molecule has 0 aliphatic rings. The molecule has 2 rings (SSSR count). The predicted molar refractivity (Wildman–Crippen MR) is 114 cm³/mol. The summed E-state index contributed by atoms with van der Waals surface area (Å²) in [6.07, 6.45) is 3.44. The predicted octanol–water partition coefficient (Wildman–Crippen LogP) is 2.14. The quantitative estimate of drug-likeness (QED) is 0.524. The first-order valence-corrected chi connectivity index (χ1v) is 10.1. The van der Waals surface area contributed by atoms with Gasteiger partial charge in [0.2, 0.25) is 5.91 Å². The summed E-state index contributed by atoms with van der Waals surface area (Å²) in [5, 5.41) is 5.29. The molecule has 9 nitrogen and oxygen atoms in total. The Bertz CT molecular complexity index is 847. The largest absolute Gasteiger partial charge is 0.467 e. The normalized spacial score (nSPS) is 13.0. The lowest BCUT2D eigenvalue weighted by Gasteiger charge is -2.24. The Morgan fingerprint density at radius 2 is 1.81 bits per heavy atom. The van der Waals surface area contributed by atoms with E-state index in [0.29, 0.717) is 18.5 Å². The molecule has 9 heteroatoms. The summed E-state index contributed by atoms with van der Waals surface area (Å²) in [6.45, 7) is 5.22. The topological polar surface area (TPSA) is 122 Å². The second-order valence-electron chi connectivity index (χ2n) is 8.07. The number of nitrogens with one attached hydrogen (secondary N) is 3. The summed E-state index contributed by atoms with van der Waals surface area (Å²) in [4.78, 5) is 44.4. The van der Waals surface area contributed by atoms with Crippen molar-refractivity contribution in [3.8, 4) is 0 Å². The number of hydrogen-bond acceptors (Lipinski definition) is 6. The Balaban J connectivity index is 2.11. The van der Waals surface area contributed by atoms with Crippen molar-refractivity contribution in [2.24, 2.45) is 0 Å². The first-order valence-electron chi connectivity index (χ1n) is 10.1. The van der Waals surface area contributed by atoms with Gasteiger partial charge in [-0.3, -0.25) is 4.79 Å². The first kappa shape index (κ1) is 23.9. The minimum Gasteiger partial charge on any atom is -0.467 e. The third kappa shape index (κ3) is 8.49. The van der Waals surface area contributed by atoms with Gasteiger partial charge in [-0.25, -0.2) is 14.6 Å². The van der Waals surface area contributed by atoms with Gasteiger partial charge < -0.3 is 25.1 Å². The number of benzene rings is 1. The Labute approximate surface area is 181 Å². The second-order valence-corrected chi connectivity index (χ2v) is 8.07. The van der Waals surface area contributed by atoms with Gasteiger partial charge in [-0.1, -0.05) is 30.3 Å². The maximum Gasteiger partial charge on any atom is 0.408 e. The van der Waals surface area contributed by atoms with Crippen molar-refractivity contribution in [3.63, 3.8) is 0 Å². The van der Waals surface area contributed by atoms with E-state index in [-0.39, 0.29) is 6.42 Å². The maximum atomic E-state index is 13.0. The smallest absolute Gasteiger partial charge is 0.408 e. The van der Waals surface area contributed by atoms with Crippen LogP contribution in [-0.2, 0) is 31.9 Å². The first-order chi connectivity index (χ1) is 14.7. The number of esters is 1. The van der Waals surface area contributed by atoms with Gasteiger partial charge in [0, 0.05) is 12.6 Å². The number of methoxy groups -OCH3 is 1. The van der Waals surface area contributed by atoms with Gasteiger partial charge in [0.1, 0.15) is 17.7 Å². The number of carbonyl (C=O) groups excluding carboxylic acids is 3. The number of amides is 2. The van der Waals surface area contributed by atoms with Crippen molar-refractivity contribution in [2.75, 3.05) is 7.11 Å². The molecule has 0 spiro atoms. The molecule has 0 bridgehead atoms. The molecule has 1 aromatic carbocycles. The summed E-state index contributed by atoms with van der Waals surface area (Å²) in [5.74, 6) is -1.11. The molecule has 0 saturated heterocycles. The molecule has 1 heterocycles. The Morgan fingerprint density at radius 3 is 2.39 bits per heavy atom. The molecule has 0 saturated carbocycles. The van der Waals surface area contributed by atoms with Gasteiger partial charge >= 0.3 is 12.1 Å². The SMILES string of the molecule is COC(=O)[C@H](Cc1c[nH]cn1)NC(=O)[C@@H](CCc1ccccc1)NC(=O)OC(C)(C)C. The lowest BCUT2D eigenvalue weighted by molar-refractivity contribution is -0.145. The third-order valence-corrected chi connectivity index (χ3v) is 4.34. The Kier molecular flexibility index (Phi) is 8.60. The van der Waals surface area contributed by atoms with Gasteiger partial charge in [0.15, 0.2) is 0 Å². The van der Waals surface area contributed by atoms with Crippen molar-refractivity contribution in [2.45, 2.75) is 57.7 Å². The maximum absolute atomic E-state index is 13.0. The van der Waals surface area contributed by atoms with Crippen LogP contribution < -0.4 is 10.6 Å². The lowest BCUT2D eigenvalue weighted by atomic mass is 10.0.